The Balaban J connectivity index is 4.42. The minimum atomic E-state index is -0.794. The monoisotopic (exact) mass is 963 g/mol. The molecule has 0 amide bonds. The Morgan fingerprint density at radius 2 is 0.565 bits per heavy atom. The van der Waals surface area contributed by atoms with Crippen molar-refractivity contribution in [2.75, 3.05) is 13.2 Å². The first-order valence-corrected chi connectivity index (χ1v) is 29.4. The summed E-state index contributed by atoms with van der Waals surface area (Å²) in [5.74, 6) is -0.929. The molecule has 0 fully saturated rings. The summed E-state index contributed by atoms with van der Waals surface area (Å²) in [5, 5.41) is 0. The van der Waals surface area contributed by atoms with E-state index in [1.165, 1.54) is 154 Å². The molecule has 0 aromatic rings. The minimum absolute atomic E-state index is 0.0907. The minimum Gasteiger partial charge on any atom is -0.462 e. The molecule has 0 heterocycles. The number of esters is 3. The SMILES string of the molecule is CC/C=C\C/C=C\C/C=C\C/C=C\CCCCC(=O)OCC(COC(=O)CCCCCCCCC/C=C\C/C=C\CCCCCC)OC(=O)CCCCCCCCCCCCCCCCCCCC. The number of rotatable bonds is 53. The van der Waals surface area contributed by atoms with E-state index in [1.54, 1.807) is 0 Å². The summed E-state index contributed by atoms with van der Waals surface area (Å²) >= 11 is 0. The molecule has 0 saturated carbocycles. The van der Waals surface area contributed by atoms with E-state index in [-0.39, 0.29) is 31.1 Å². The van der Waals surface area contributed by atoms with E-state index in [9.17, 15) is 14.4 Å². The topological polar surface area (TPSA) is 78.9 Å². The first-order chi connectivity index (χ1) is 34.0. The molecule has 0 aliphatic heterocycles. The van der Waals surface area contributed by atoms with Gasteiger partial charge in [0.25, 0.3) is 0 Å². The van der Waals surface area contributed by atoms with Gasteiger partial charge >= 0.3 is 17.9 Å². The van der Waals surface area contributed by atoms with Gasteiger partial charge in [0.05, 0.1) is 0 Å². The third-order valence-electron chi connectivity index (χ3n) is 12.7. The molecule has 0 aliphatic rings. The van der Waals surface area contributed by atoms with Gasteiger partial charge in [0.2, 0.25) is 0 Å². The Kier molecular flexibility index (Phi) is 54.8. The van der Waals surface area contributed by atoms with Crippen LogP contribution in [-0.4, -0.2) is 37.2 Å². The normalized spacial score (nSPS) is 12.6. The van der Waals surface area contributed by atoms with Crippen molar-refractivity contribution in [3.63, 3.8) is 0 Å². The van der Waals surface area contributed by atoms with E-state index in [2.05, 4.69) is 93.7 Å². The Labute approximate surface area is 427 Å². The van der Waals surface area contributed by atoms with Crippen LogP contribution in [-0.2, 0) is 28.6 Å². The van der Waals surface area contributed by atoms with Crippen molar-refractivity contribution in [1.29, 1.82) is 0 Å². The lowest BCUT2D eigenvalue weighted by Crippen LogP contribution is -2.30. The molecular weight excluding hydrogens is 853 g/mol. The van der Waals surface area contributed by atoms with Crippen molar-refractivity contribution in [3.05, 3.63) is 72.9 Å². The van der Waals surface area contributed by atoms with Gasteiger partial charge in [0.1, 0.15) is 13.2 Å². The number of allylic oxidation sites excluding steroid dienone is 12. The van der Waals surface area contributed by atoms with Crippen molar-refractivity contribution < 1.29 is 28.6 Å². The maximum Gasteiger partial charge on any atom is 0.306 e. The van der Waals surface area contributed by atoms with Crippen molar-refractivity contribution in [2.24, 2.45) is 0 Å². The Morgan fingerprint density at radius 1 is 0.304 bits per heavy atom. The lowest BCUT2D eigenvalue weighted by molar-refractivity contribution is -0.167. The van der Waals surface area contributed by atoms with Gasteiger partial charge in [-0.25, -0.2) is 0 Å². The zero-order valence-corrected chi connectivity index (χ0v) is 45.6. The molecule has 69 heavy (non-hydrogen) atoms. The van der Waals surface area contributed by atoms with Crippen LogP contribution in [0.3, 0.4) is 0 Å². The van der Waals surface area contributed by atoms with E-state index in [4.69, 9.17) is 14.2 Å². The number of hydrogen-bond acceptors (Lipinski definition) is 6. The Bertz CT molecular complexity index is 1290. The van der Waals surface area contributed by atoms with Gasteiger partial charge in [0.15, 0.2) is 6.10 Å². The standard InChI is InChI=1S/C63H110O6/c1-4-7-10-13-16-19-22-25-28-30-32-35-38-41-44-47-50-53-56-62(65)68-59-60(58-67-61(64)55-52-49-46-43-40-37-34-27-24-21-18-15-12-9-6-3)69-63(66)57-54-51-48-45-42-39-36-33-31-29-26-23-20-17-14-11-8-5-2/h9,12,18-19,21-22,27-28,30,34,40,43,60H,4-8,10-11,13-17,20,23-26,29,31-33,35-39,41-42,44-59H2,1-3H3/b12-9-,21-18-,22-19-,30-28-,34-27-,43-40-. The first kappa shape index (κ1) is 65.8. The fourth-order valence-electron chi connectivity index (χ4n) is 8.29. The molecule has 1 unspecified atom stereocenters. The van der Waals surface area contributed by atoms with Crippen molar-refractivity contribution >= 4 is 17.9 Å². The molecule has 1 atom stereocenters. The molecule has 0 aromatic heterocycles. The molecule has 0 saturated heterocycles. The molecule has 0 rings (SSSR count). The van der Waals surface area contributed by atoms with E-state index >= 15 is 0 Å². The van der Waals surface area contributed by atoms with E-state index in [1.807, 2.05) is 0 Å². The van der Waals surface area contributed by atoms with Crippen LogP contribution in [0.2, 0.25) is 0 Å². The van der Waals surface area contributed by atoms with Crippen LogP contribution in [0.15, 0.2) is 72.9 Å². The van der Waals surface area contributed by atoms with E-state index < -0.39 is 6.10 Å². The summed E-state index contributed by atoms with van der Waals surface area (Å²) in [6, 6.07) is 0. The van der Waals surface area contributed by atoms with Crippen molar-refractivity contribution in [3.8, 4) is 0 Å². The van der Waals surface area contributed by atoms with Gasteiger partial charge in [-0.2, -0.15) is 0 Å². The predicted molar refractivity (Wildman–Crippen MR) is 298 cm³/mol. The summed E-state index contributed by atoms with van der Waals surface area (Å²) < 4.78 is 16.9. The molecule has 6 heteroatoms. The third-order valence-corrected chi connectivity index (χ3v) is 12.7. The highest BCUT2D eigenvalue weighted by molar-refractivity contribution is 5.71. The highest BCUT2D eigenvalue weighted by Gasteiger charge is 2.19. The van der Waals surface area contributed by atoms with Gasteiger partial charge in [-0.05, 0) is 89.9 Å². The van der Waals surface area contributed by atoms with Crippen LogP contribution in [0.1, 0.15) is 290 Å². The number of ether oxygens (including phenoxy) is 3. The van der Waals surface area contributed by atoms with Crippen LogP contribution in [0, 0.1) is 0 Å². The van der Waals surface area contributed by atoms with Crippen LogP contribution < -0.4 is 0 Å². The number of unbranched alkanes of at least 4 members (excludes halogenated alkanes) is 30. The van der Waals surface area contributed by atoms with Crippen LogP contribution in [0.4, 0.5) is 0 Å². The maximum absolute atomic E-state index is 12.9. The van der Waals surface area contributed by atoms with E-state index in [0.717, 1.165) is 96.3 Å². The summed E-state index contributed by atoms with van der Waals surface area (Å²) in [6.45, 7) is 6.50. The van der Waals surface area contributed by atoms with Gasteiger partial charge in [-0.15, -0.1) is 0 Å². The zero-order valence-electron chi connectivity index (χ0n) is 45.6. The molecule has 0 aliphatic carbocycles. The van der Waals surface area contributed by atoms with E-state index in [0.29, 0.717) is 19.3 Å². The lowest BCUT2D eigenvalue weighted by atomic mass is 10.0. The van der Waals surface area contributed by atoms with Gasteiger partial charge < -0.3 is 14.2 Å². The van der Waals surface area contributed by atoms with Crippen molar-refractivity contribution in [1.82, 2.24) is 0 Å². The Hall–Kier alpha value is -3.15. The average molecular weight is 964 g/mol. The molecule has 0 radical (unpaired) electrons. The highest BCUT2D eigenvalue weighted by Crippen LogP contribution is 2.16. The molecule has 0 aromatic carbocycles. The quantitative estimate of drug-likeness (QED) is 0.0262. The van der Waals surface area contributed by atoms with Crippen molar-refractivity contribution in [2.45, 2.75) is 297 Å². The number of hydrogen-bond donors (Lipinski definition) is 0. The predicted octanol–water partition coefficient (Wildman–Crippen LogP) is 19.8. The lowest BCUT2D eigenvalue weighted by Gasteiger charge is -2.18. The molecule has 0 spiro atoms. The summed E-state index contributed by atoms with van der Waals surface area (Å²) in [5.41, 5.74) is 0. The fraction of sp³-hybridized carbons (Fsp3) is 0.762. The second-order valence-corrected chi connectivity index (χ2v) is 19.5. The molecular formula is C63H110O6. The first-order valence-electron chi connectivity index (χ1n) is 29.4. The van der Waals surface area contributed by atoms with Crippen LogP contribution in [0.5, 0.6) is 0 Å². The average Bonchev–Trinajstić information content (AvgIpc) is 3.35. The summed E-state index contributed by atoms with van der Waals surface area (Å²) in [6.07, 6.45) is 73.2. The molecule has 0 bridgehead atoms. The fourth-order valence-corrected chi connectivity index (χ4v) is 8.29. The maximum atomic E-state index is 12.9. The van der Waals surface area contributed by atoms with Gasteiger partial charge in [-0.3, -0.25) is 14.4 Å². The molecule has 6 nitrogen and oxygen atoms in total. The highest BCUT2D eigenvalue weighted by atomic mass is 16.6. The van der Waals surface area contributed by atoms with Gasteiger partial charge in [-0.1, -0.05) is 254 Å². The van der Waals surface area contributed by atoms with Gasteiger partial charge in [0, 0.05) is 19.3 Å². The van der Waals surface area contributed by atoms with Crippen LogP contribution >= 0.6 is 0 Å². The van der Waals surface area contributed by atoms with Crippen LogP contribution in [0.25, 0.3) is 0 Å². The second kappa shape index (κ2) is 57.4. The third kappa shape index (κ3) is 55.6. The second-order valence-electron chi connectivity index (χ2n) is 19.5. The zero-order chi connectivity index (χ0) is 50.0. The smallest absolute Gasteiger partial charge is 0.306 e. The number of carbonyl (C=O) groups is 3. The Morgan fingerprint density at radius 3 is 0.928 bits per heavy atom. The summed E-state index contributed by atoms with van der Waals surface area (Å²) in [4.78, 5) is 38.2. The molecule has 398 valence electrons. The molecule has 0 N–H and O–H groups in total. The number of carbonyl (C=O) groups excluding carboxylic acids is 3. The largest absolute Gasteiger partial charge is 0.462 e. The summed E-state index contributed by atoms with van der Waals surface area (Å²) in [7, 11) is 0.